The molecule has 0 saturated heterocycles. The summed E-state index contributed by atoms with van der Waals surface area (Å²) >= 11 is 2.85. The second kappa shape index (κ2) is 6.47. The van der Waals surface area contributed by atoms with Crippen molar-refractivity contribution in [1.29, 1.82) is 0 Å². The second-order valence-corrected chi connectivity index (χ2v) is 4.55. The van der Waals surface area contributed by atoms with Crippen molar-refractivity contribution in [3.8, 4) is 0 Å². The SMILES string of the molecule is O=C(c1ccc(F)c(F)c1F)N(CCBr)CC(F)(F)F. The van der Waals surface area contributed by atoms with Crippen LogP contribution in [0.3, 0.4) is 0 Å². The van der Waals surface area contributed by atoms with Gasteiger partial charge in [-0.05, 0) is 12.1 Å². The van der Waals surface area contributed by atoms with Crippen LogP contribution in [0.2, 0.25) is 0 Å². The van der Waals surface area contributed by atoms with Crippen molar-refractivity contribution < 1.29 is 31.1 Å². The highest BCUT2D eigenvalue weighted by atomic mass is 79.9. The van der Waals surface area contributed by atoms with Gasteiger partial charge in [-0.25, -0.2) is 13.2 Å². The number of hydrogen-bond acceptors (Lipinski definition) is 1. The molecule has 20 heavy (non-hydrogen) atoms. The summed E-state index contributed by atoms with van der Waals surface area (Å²) in [7, 11) is 0. The van der Waals surface area contributed by atoms with E-state index in [1.165, 1.54) is 0 Å². The summed E-state index contributed by atoms with van der Waals surface area (Å²) in [6.07, 6.45) is -4.69. The summed E-state index contributed by atoms with van der Waals surface area (Å²) in [6.45, 7) is -1.98. The smallest absolute Gasteiger partial charge is 0.329 e. The zero-order valence-corrected chi connectivity index (χ0v) is 11.4. The molecule has 1 rings (SSSR count). The van der Waals surface area contributed by atoms with Gasteiger partial charge in [-0.2, -0.15) is 13.2 Å². The summed E-state index contributed by atoms with van der Waals surface area (Å²) in [4.78, 5) is 12.1. The van der Waals surface area contributed by atoms with E-state index in [0.29, 0.717) is 17.0 Å². The molecular weight excluding hydrogens is 356 g/mol. The van der Waals surface area contributed by atoms with Gasteiger partial charge >= 0.3 is 6.18 Å². The van der Waals surface area contributed by atoms with E-state index < -0.39 is 41.6 Å². The minimum atomic E-state index is -4.69. The first-order valence-electron chi connectivity index (χ1n) is 5.23. The van der Waals surface area contributed by atoms with Gasteiger partial charge in [-0.1, -0.05) is 15.9 Å². The molecule has 2 nitrogen and oxygen atoms in total. The van der Waals surface area contributed by atoms with Crippen LogP contribution < -0.4 is 0 Å². The molecular formula is C11H8BrF6NO. The maximum Gasteiger partial charge on any atom is 0.406 e. The Bertz CT molecular complexity index is 504. The van der Waals surface area contributed by atoms with Crippen LogP contribution in [-0.2, 0) is 0 Å². The van der Waals surface area contributed by atoms with E-state index >= 15 is 0 Å². The number of benzene rings is 1. The van der Waals surface area contributed by atoms with Gasteiger partial charge in [0.15, 0.2) is 17.5 Å². The van der Waals surface area contributed by atoms with Crippen LogP contribution in [-0.4, -0.2) is 35.4 Å². The normalized spacial score (nSPS) is 11.6. The Balaban J connectivity index is 3.10. The van der Waals surface area contributed by atoms with E-state index in [1.807, 2.05) is 0 Å². The summed E-state index contributed by atoms with van der Waals surface area (Å²) < 4.78 is 76.0. The lowest BCUT2D eigenvalue weighted by Gasteiger charge is -2.23. The van der Waals surface area contributed by atoms with Crippen molar-refractivity contribution in [2.75, 3.05) is 18.4 Å². The minimum absolute atomic E-state index is 0.0140. The number of rotatable bonds is 4. The van der Waals surface area contributed by atoms with E-state index in [9.17, 15) is 31.1 Å². The Morgan fingerprint density at radius 3 is 2.25 bits per heavy atom. The summed E-state index contributed by atoms with van der Waals surface area (Å²) in [5.74, 6) is -6.60. The molecule has 0 N–H and O–H groups in total. The fourth-order valence-electron chi connectivity index (χ4n) is 1.43. The number of nitrogens with zero attached hydrogens (tertiary/aromatic N) is 1. The molecule has 0 spiro atoms. The molecule has 0 unspecified atom stereocenters. The quantitative estimate of drug-likeness (QED) is 0.455. The van der Waals surface area contributed by atoms with E-state index in [0.717, 1.165) is 0 Å². The number of halogens is 7. The minimum Gasteiger partial charge on any atom is -0.329 e. The van der Waals surface area contributed by atoms with Crippen LogP contribution in [0.4, 0.5) is 26.3 Å². The van der Waals surface area contributed by atoms with E-state index in [4.69, 9.17) is 0 Å². The number of hydrogen-bond donors (Lipinski definition) is 0. The fraction of sp³-hybridized carbons (Fsp3) is 0.364. The highest BCUT2D eigenvalue weighted by molar-refractivity contribution is 9.09. The molecule has 1 aromatic rings. The number of carbonyl (C=O) groups is 1. The maximum absolute atomic E-state index is 13.4. The lowest BCUT2D eigenvalue weighted by atomic mass is 10.1. The molecule has 112 valence electrons. The highest BCUT2D eigenvalue weighted by Crippen LogP contribution is 2.21. The number of amides is 1. The Labute approximate surface area is 118 Å². The van der Waals surface area contributed by atoms with Crippen molar-refractivity contribution in [2.45, 2.75) is 6.18 Å². The zero-order valence-electron chi connectivity index (χ0n) is 9.78. The number of carbonyl (C=O) groups excluding carboxylic acids is 1. The average Bonchev–Trinajstić information content (AvgIpc) is 2.33. The van der Waals surface area contributed by atoms with Crippen LogP contribution in [0.25, 0.3) is 0 Å². The molecule has 0 radical (unpaired) electrons. The predicted octanol–water partition coefficient (Wildman–Crippen LogP) is 3.50. The van der Waals surface area contributed by atoms with Crippen molar-refractivity contribution >= 4 is 21.8 Å². The van der Waals surface area contributed by atoms with Gasteiger partial charge in [0.2, 0.25) is 0 Å². The van der Waals surface area contributed by atoms with Crippen LogP contribution in [0, 0.1) is 17.5 Å². The van der Waals surface area contributed by atoms with Gasteiger partial charge in [0, 0.05) is 11.9 Å². The Kier molecular flexibility index (Phi) is 5.43. The molecule has 0 atom stereocenters. The third-order valence-corrected chi connectivity index (χ3v) is 2.63. The Hall–Kier alpha value is -1.25. The van der Waals surface area contributed by atoms with Crippen LogP contribution in [0.15, 0.2) is 12.1 Å². The second-order valence-electron chi connectivity index (χ2n) is 3.75. The molecule has 1 amide bonds. The van der Waals surface area contributed by atoms with Crippen LogP contribution in [0.1, 0.15) is 10.4 Å². The molecule has 0 aliphatic rings. The lowest BCUT2D eigenvalue weighted by molar-refractivity contribution is -0.140. The third kappa shape index (κ3) is 4.12. The van der Waals surface area contributed by atoms with Crippen LogP contribution >= 0.6 is 15.9 Å². The Morgan fingerprint density at radius 1 is 1.15 bits per heavy atom. The van der Waals surface area contributed by atoms with Gasteiger partial charge in [-0.3, -0.25) is 4.79 Å². The van der Waals surface area contributed by atoms with Crippen molar-refractivity contribution in [1.82, 2.24) is 4.90 Å². The summed E-state index contributed by atoms with van der Waals surface area (Å²) in [5.41, 5.74) is -0.950. The molecule has 0 saturated carbocycles. The highest BCUT2D eigenvalue weighted by Gasteiger charge is 2.34. The van der Waals surface area contributed by atoms with Crippen molar-refractivity contribution in [3.63, 3.8) is 0 Å². The standard InChI is InChI=1S/C11H8BrF6NO/c12-3-4-19(5-11(16,17)18)10(20)6-1-2-7(13)9(15)8(6)14/h1-2H,3-5H2. The molecule has 0 fully saturated rings. The van der Waals surface area contributed by atoms with Gasteiger partial charge in [0.1, 0.15) is 6.54 Å². The van der Waals surface area contributed by atoms with Crippen molar-refractivity contribution in [3.05, 3.63) is 35.1 Å². The zero-order chi connectivity index (χ0) is 15.5. The topological polar surface area (TPSA) is 20.3 Å². The van der Waals surface area contributed by atoms with Gasteiger partial charge in [-0.15, -0.1) is 0 Å². The first-order chi connectivity index (χ1) is 9.17. The lowest BCUT2D eigenvalue weighted by Crippen LogP contribution is -2.40. The van der Waals surface area contributed by atoms with Gasteiger partial charge in [0.05, 0.1) is 5.56 Å². The third-order valence-electron chi connectivity index (χ3n) is 2.28. The molecule has 0 heterocycles. The van der Waals surface area contributed by atoms with E-state index in [2.05, 4.69) is 15.9 Å². The monoisotopic (exact) mass is 363 g/mol. The molecule has 0 aliphatic carbocycles. The number of alkyl halides is 4. The van der Waals surface area contributed by atoms with E-state index in [1.54, 1.807) is 0 Å². The van der Waals surface area contributed by atoms with Crippen LogP contribution in [0.5, 0.6) is 0 Å². The van der Waals surface area contributed by atoms with Gasteiger partial charge < -0.3 is 4.90 Å². The average molecular weight is 364 g/mol. The molecule has 0 bridgehead atoms. The molecule has 9 heteroatoms. The van der Waals surface area contributed by atoms with Crippen molar-refractivity contribution in [2.24, 2.45) is 0 Å². The van der Waals surface area contributed by atoms with E-state index in [-0.39, 0.29) is 11.9 Å². The van der Waals surface area contributed by atoms with Gasteiger partial charge in [0.25, 0.3) is 5.91 Å². The Morgan fingerprint density at radius 2 is 1.75 bits per heavy atom. The maximum atomic E-state index is 13.4. The first-order valence-corrected chi connectivity index (χ1v) is 6.35. The largest absolute Gasteiger partial charge is 0.406 e. The fourth-order valence-corrected chi connectivity index (χ4v) is 1.86. The molecule has 1 aromatic carbocycles. The molecule has 0 aromatic heterocycles. The predicted molar refractivity (Wildman–Crippen MR) is 62.1 cm³/mol. The summed E-state index contributed by atoms with van der Waals surface area (Å²) in [5, 5.41) is 0.0140. The molecule has 0 aliphatic heterocycles. The summed E-state index contributed by atoms with van der Waals surface area (Å²) in [6, 6.07) is 1.08. The first kappa shape index (κ1) is 16.8.